The van der Waals surface area contributed by atoms with Gasteiger partial charge in [0.15, 0.2) is 0 Å². The van der Waals surface area contributed by atoms with E-state index < -0.39 is 0 Å². The minimum Gasteiger partial charge on any atom is -0.487 e. The van der Waals surface area contributed by atoms with Crippen LogP contribution in [0.25, 0.3) is 10.8 Å². The van der Waals surface area contributed by atoms with Gasteiger partial charge < -0.3 is 9.64 Å². The first-order valence-corrected chi connectivity index (χ1v) is 8.16. The summed E-state index contributed by atoms with van der Waals surface area (Å²) in [6.45, 7) is 9.26. The van der Waals surface area contributed by atoms with Crippen molar-refractivity contribution in [2.24, 2.45) is 11.8 Å². The summed E-state index contributed by atoms with van der Waals surface area (Å²) in [6, 6.07) is 14.7. The molecule has 0 unspecified atom stereocenters. The van der Waals surface area contributed by atoms with E-state index in [1.807, 2.05) is 0 Å². The molecule has 3 rings (SSSR count). The molecule has 1 fully saturated rings. The maximum absolute atomic E-state index is 6.07. The molecule has 1 saturated heterocycles. The van der Waals surface area contributed by atoms with Gasteiger partial charge in [-0.2, -0.15) is 0 Å². The Kier molecular flexibility index (Phi) is 4.45. The van der Waals surface area contributed by atoms with Crippen LogP contribution in [0, 0.1) is 11.8 Å². The fraction of sp³-hybridized carbons (Fsp3) is 0.474. The maximum Gasteiger partial charge on any atom is 0.137 e. The van der Waals surface area contributed by atoms with Gasteiger partial charge in [0.05, 0.1) is 13.1 Å². The van der Waals surface area contributed by atoms with Crippen molar-refractivity contribution < 1.29 is 9.64 Å². The smallest absolute Gasteiger partial charge is 0.137 e. The summed E-state index contributed by atoms with van der Waals surface area (Å²) in [7, 11) is 0. The lowest BCUT2D eigenvalue weighted by atomic mass is 9.92. The van der Waals surface area contributed by atoms with Crippen molar-refractivity contribution in [1.82, 2.24) is 0 Å². The van der Waals surface area contributed by atoms with Crippen LogP contribution in [-0.2, 0) is 0 Å². The fourth-order valence-electron chi connectivity index (χ4n) is 3.75. The monoisotopic (exact) mass is 284 g/mol. The average Bonchev–Trinajstić information content (AvgIpc) is 2.46. The summed E-state index contributed by atoms with van der Waals surface area (Å²) >= 11 is 0. The molecule has 0 saturated carbocycles. The Morgan fingerprint density at radius 2 is 1.71 bits per heavy atom. The summed E-state index contributed by atoms with van der Waals surface area (Å²) in [5, 5.41) is 2.47. The van der Waals surface area contributed by atoms with E-state index in [0.29, 0.717) is 0 Å². The van der Waals surface area contributed by atoms with E-state index in [-0.39, 0.29) is 0 Å². The maximum atomic E-state index is 6.07. The van der Waals surface area contributed by atoms with E-state index in [2.05, 4.69) is 56.3 Å². The summed E-state index contributed by atoms with van der Waals surface area (Å²) < 4.78 is 6.07. The normalized spacial score (nSPS) is 25.9. The molecule has 0 aromatic heterocycles. The topological polar surface area (TPSA) is 13.7 Å². The number of hydrogen-bond donors (Lipinski definition) is 1. The second-order valence-electron chi connectivity index (χ2n) is 6.68. The summed E-state index contributed by atoms with van der Waals surface area (Å²) in [5.74, 6) is 2.72. The predicted molar refractivity (Wildman–Crippen MR) is 88.0 cm³/mol. The highest BCUT2D eigenvalue weighted by atomic mass is 16.5. The highest BCUT2D eigenvalue weighted by molar-refractivity contribution is 5.88. The Balaban J connectivity index is 1.59. The number of ether oxygens (including phenoxy) is 1. The number of rotatable bonds is 4. The molecule has 0 amide bonds. The highest BCUT2D eigenvalue weighted by Gasteiger charge is 2.24. The number of quaternary nitrogens is 1. The third-order valence-electron chi connectivity index (χ3n) is 4.54. The molecule has 0 aliphatic carbocycles. The number of fused-ring (bicyclic) bond motifs is 1. The van der Waals surface area contributed by atoms with Crippen LogP contribution in [0.15, 0.2) is 42.5 Å². The van der Waals surface area contributed by atoms with Crippen LogP contribution in [-0.4, -0.2) is 26.2 Å². The lowest BCUT2D eigenvalue weighted by Crippen LogP contribution is -3.14. The predicted octanol–water partition coefficient (Wildman–Crippen LogP) is 2.78. The molecule has 0 bridgehead atoms. The van der Waals surface area contributed by atoms with E-state index in [1.54, 1.807) is 4.90 Å². The van der Waals surface area contributed by atoms with E-state index >= 15 is 0 Å². The molecule has 1 aliphatic rings. The molecule has 2 aromatic carbocycles. The van der Waals surface area contributed by atoms with Crippen molar-refractivity contribution in [2.45, 2.75) is 20.3 Å². The molecule has 2 heteroatoms. The van der Waals surface area contributed by atoms with Crippen LogP contribution < -0.4 is 9.64 Å². The number of hydrogen-bond acceptors (Lipinski definition) is 1. The highest BCUT2D eigenvalue weighted by Crippen LogP contribution is 2.24. The van der Waals surface area contributed by atoms with E-state index in [4.69, 9.17) is 4.74 Å². The molecular formula is C19H26NO+. The first-order chi connectivity index (χ1) is 10.2. The zero-order valence-corrected chi connectivity index (χ0v) is 13.1. The van der Waals surface area contributed by atoms with Gasteiger partial charge in [-0.15, -0.1) is 0 Å². The largest absolute Gasteiger partial charge is 0.487 e. The zero-order valence-electron chi connectivity index (χ0n) is 13.1. The Morgan fingerprint density at radius 1 is 1.00 bits per heavy atom. The second-order valence-corrected chi connectivity index (χ2v) is 6.68. The van der Waals surface area contributed by atoms with Crippen molar-refractivity contribution in [3.63, 3.8) is 0 Å². The van der Waals surface area contributed by atoms with Crippen molar-refractivity contribution in [2.75, 3.05) is 26.2 Å². The van der Waals surface area contributed by atoms with Gasteiger partial charge in [-0.25, -0.2) is 0 Å². The summed E-state index contributed by atoms with van der Waals surface area (Å²) in [6.07, 6.45) is 1.38. The first kappa shape index (κ1) is 14.4. The number of likely N-dealkylation sites (tertiary alicyclic amines) is 1. The summed E-state index contributed by atoms with van der Waals surface area (Å²) in [4.78, 5) is 1.70. The van der Waals surface area contributed by atoms with Gasteiger partial charge >= 0.3 is 0 Å². The lowest BCUT2D eigenvalue weighted by Gasteiger charge is -2.31. The molecule has 21 heavy (non-hydrogen) atoms. The van der Waals surface area contributed by atoms with Crippen LogP contribution in [0.1, 0.15) is 20.3 Å². The van der Waals surface area contributed by atoms with Gasteiger partial charge in [0.2, 0.25) is 0 Å². The minimum atomic E-state index is 0.808. The van der Waals surface area contributed by atoms with E-state index in [1.165, 1.54) is 30.3 Å². The molecule has 112 valence electrons. The molecule has 1 N–H and O–H groups in total. The SMILES string of the molecule is C[C@@H]1C[C@@H](C)C[NH+](CCOc2cccc3ccccc23)C1. The average molecular weight is 284 g/mol. The first-order valence-electron chi connectivity index (χ1n) is 8.16. The Hall–Kier alpha value is -1.54. The Morgan fingerprint density at radius 3 is 2.52 bits per heavy atom. The molecule has 2 nitrogen and oxygen atoms in total. The number of benzene rings is 2. The Labute approximate surface area is 127 Å². The number of nitrogens with one attached hydrogen (secondary N) is 1. The van der Waals surface area contributed by atoms with Crippen LogP contribution in [0.3, 0.4) is 0 Å². The molecule has 2 atom stereocenters. The van der Waals surface area contributed by atoms with Crippen molar-refractivity contribution in [3.05, 3.63) is 42.5 Å². The lowest BCUT2D eigenvalue weighted by molar-refractivity contribution is -0.912. The van der Waals surface area contributed by atoms with E-state index in [9.17, 15) is 0 Å². The van der Waals surface area contributed by atoms with Crippen molar-refractivity contribution >= 4 is 10.8 Å². The van der Waals surface area contributed by atoms with Crippen LogP contribution in [0.4, 0.5) is 0 Å². The molecule has 0 spiro atoms. The molecule has 1 aliphatic heterocycles. The molecule has 1 heterocycles. The molecule has 0 radical (unpaired) electrons. The third kappa shape index (κ3) is 3.56. The van der Waals surface area contributed by atoms with Crippen molar-refractivity contribution in [3.8, 4) is 5.75 Å². The van der Waals surface area contributed by atoms with Crippen LogP contribution in [0.2, 0.25) is 0 Å². The minimum absolute atomic E-state index is 0.808. The second kappa shape index (κ2) is 6.48. The van der Waals surface area contributed by atoms with Gasteiger partial charge in [-0.1, -0.05) is 50.2 Å². The van der Waals surface area contributed by atoms with Gasteiger partial charge in [-0.05, 0) is 17.9 Å². The van der Waals surface area contributed by atoms with E-state index in [0.717, 1.165) is 30.7 Å². The van der Waals surface area contributed by atoms with Crippen LogP contribution in [0.5, 0.6) is 5.75 Å². The Bertz CT molecular complexity index is 580. The number of piperidine rings is 1. The third-order valence-corrected chi connectivity index (χ3v) is 4.54. The fourth-order valence-corrected chi connectivity index (χ4v) is 3.75. The van der Waals surface area contributed by atoms with Gasteiger partial charge in [0.25, 0.3) is 0 Å². The van der Waals surface area contributed by atoms with Gasteiger partial charge in [-0.3, -0.25) is 0 Å². The summed E-state index contributed by atoms with van der Waals surface area (Å²) in [5.41, 5.74) is 0. The van der Waals surface area contributed by atoms with Gasteiger partial charge in [0, 0.05) is 17.2 Å². The molecule has 2 aromatic rings. The zero-order chi connectivity index (χ0) is 14.7. The quantitative estimate of drug-likeness (QED) is 0.911. The standard InChI is InChI=1S/C19H25NO/c1-15-12-16(2)14-20(13-15)10-11-21-19-9-5-7-17-6-3-4-8-18(17)19/h3-9,15-16H,10-14H2,1-2H3/p+1/t15-,16-/m1/s1. The van der Waals surface area contributed by atoms with Gasteiger partial charge in [0.1, 0.15) is 18.9 Å². The van der Waals surface area contributed by atoms with Crippen LogP contribution >= 0.6 is 0 Å². The molecular weight excluding hydrogens is 258 g/mol. The van der Waals surface area contributed by atoms with Crippen molar-refractivity contribution in [1.29, 1.82) is 0 Å².